The molecule has 5 nitrogen and oxygen atoms in total. The van der Waals surface area contributed by atoms with Crippen molar-refractivity contribution in [2.45, 2.75) is 13.3 Å². The van der Waals surface area contributed by atoms with Crippen LogP contribution in [0.2, 0.25) is 0 Å². The van der Waals surface area contributed by atoms with Crippen molar-refractivity contribution in [1.29, 1.82) is 0 Å². The van der Waals surface area contributed by atoms with Crippen LogP contribution in [0.4, 0.5) is 0 Å². The maximum Gasteiger partial charge on any atom is 0.277 e. The van der Waals surface area contributed by atoms with E-state index in [0.717, 1.165) is 22.0 Å². The van der Waals surface area contributed by atoms with Gasteiger partial charge < -0.3 is 4.74 Å². The minimum absolute atomic E-state index is 0.297. The van der Waals surface area contributed by atoms with E-state index in [4.69, 9.17) is 10.6 Å². The molecule has 6 heteroatoms. The molecule has 1 aromatic carbocycles. The average molecular weight is 277 g/mol. The van der Waals surface area contributed by atoms with Crippen LogP contribution >= 0.6 is 11.3 Å². The van der Waals surface area contributed by atoms with E-state index in [2.05, 4.69) is 10.4 Å². The monoisotopic (exact) mass is 277 g/mol. The first-order chi connectivity index (χ1) is 9.19. The van der Waals surface area contributed by atoms with Crippen molar-refractivity contribution in [2.75, 3.05) is 7.11 Å². The van der Waals surface area contributed by atoms with Gasteiger partial charge in [0, 0.05) is 5.56 Å². The van der Waals surface area contributed by atoms with Gasteiger partial charge in [0.2, 0.25) is 0 Å². The predicted octanol–water partition coefficient (Wildman–Crippen LogP) is 1.98. The lowest BCUT2D eigenvalue weighted by Gasteiger charge is -2.00. The molecule has 0 aliphatic rings. The lowest BCUT2D eigenvalue weighted by Crippen LogP contribution is -2.29. The smallest absolute Gasteiger partial charge is 0.277 e. The first kappa shape index (κ1) is 13.5. The fraction of sp³-hybridized carbons (Fsp3) is 0.231. The van der Waals surface area contributed by atoms with Gasteiger partial charge in [0.05, 0.1) is 12.8 Å². The van der Waals surface area contributed by atoms with Gasteiger partial charge in [-0.3, -0.25) is 10.2 Å². The summed E-state index contributed by atoms with van der Waals surface area (Å²) in [6, 6.07) is 7.57. The van der Waals surface area contributed by atoms with E-state index in [1.807, 2.05) is 31.2 Å². The zero-order valence-corrected chi connectivity index (χ0v) is 11.6. The van der Waals surface area contributed by atoms with Crippen LogP contribution in [0.5, 0.6) is 5.75 Å². The highest BCUT2D eigenvalue weighted by atomic mass is 32.1. The highest BCUT2D eigenvalue weighted by molar-refractivity contribution is 7.17. The molecule has 0 aliphatic carbocycles. The van der Waals surface area contributed by atoms with E-state index >= 15 is 0 Å². The minimum atomic E-state index is -0.297. The molecule has 0 spiro atoms. The van der Waals surface area contributed by atoms with E-state index in [-0.39, 0.29) is 5.91 Å². The van der Waals surface area contributed by atoms with Crippen LogP contribution in [0, 0.1) is 0 Å². The maximum absolute atomic E-state index is 11.7. The molecule has 2 rings (SSSR count). The van der Waals surface area contributed by atoms with Crippen molar-refractivity contribution in [3.05, 3.63) is 34.8 Å². The van der Waals surface area contributed by atoms with Crippen molar-refractivity contribution in [2.24, 2.45) is 5.84 Å². The number of hydrazine groups is 1. The number of methoxy groups -OCH3 is 1. The molecule has 1 heterocycles. The van der Waals surface area contributed by atoms with Crippen LogP contribution in [0.3, 0.4) is 0 Å². The summed E-state index contributed by atoms with van der Waals surface area (Å²) in [5, 5.41) is 0.804. The maximum atomic E-state index is 11.7. The topological polar surface area (TPSA) is 77.2 Å². The molecule has 1 aromatic heterocycles. The summed E-state index contributed by atoms with van der Waals surface area (Å²) in [6.45, 7) is 1.96. The van der Waals surface area contributed by atoms with Gasteiger partial charge in [-0.1, -0.05) is 6.92 Å². The lowest BCUT2D eigenvalue weighted by molar-refractivity contribution is 0.0956. The number of nitrogen functional groups attached to an aromatic ring is 1. The number of amides is 1. The Morgan fingerprint density at radius 3 is 2.63 bits per heavy atom. The Kier molecular flexibility index (Phi) is 4.13. The normalized spacial score (nSPS) is 10.3. The molecule has 0 saturated heterocycles. The van der Waals surface area contributed by atoms with Crippen molar-refractivity contribution < 1.29 is 9.53 Å². The van der Waals surface area contributed by atoms with Gasteiger partial charge in [-0.15, -0.1) is 11.3 Å². The summed E-state index contributed by atoms with van der Waals surface area (Å²) >= 11 is 1.34. The van der Waals surface area contributed by atoms with Gasteiger partial charge in [0.1, 0.15) is 15.6 Å². The Morgan fingerprint density at radius 2 is 2.11 bits per heavy atom. The fourth-order valence-corrected chi connectivity index (χ4v) is 2.75. The molecule has 0 unspecified atom stereocenters. The molecule has 1 amide bonds. The predicted molar refractivity (Wildman–Crippen MR) is 75.1 cm³/mol. The molecule has 2 aromatic rings. The number of nitrogens with two attached hydrogens (primary N) is 1. The second-order valence-corrected chi connectivity index (χ2v) is 4.85. The quantitative estimate of drug-likeness (QED) is 0.509. The summed E-state index contributed by atoms with van der Waals surface area (Å²) in [5.41, 5.74) is 3.87. The zero-order chi connectivity index (χ0) is 13.8. The Morgan fingerprint density at radius 1 is 1.42 bits per heavy atom. The van der Waals surface area contributed by atoms with Crippen molar-refractivity contribution in [1.82, 2.24) is 10.4 Å². The summed E-state index contributed by atoms with van der Waals surface area (Å²) in [4.78, 5) is 16.7. The molecule has 0 radical (unpaired) electrons. The molecular formula is C13H15N3O2S. The van der Waals surface area contributed by atoms with Gasteiger partial charge >= 0.3 is 0 Å². The van der Waals surface area contributed by atoms with Crippen LogP contribution in [0.25, 0.3) is 10.6 Å². The van der Waals surface area contributed by atoms with E-state index in [9.17, 15) is 4.79 Å². The number of ether oxygens (including phenoxy) is 1. The highest BCUT2D eigenvalue weighted by Gasteiger charge is 2.16. The van der Waals surface area contributed by atoms with E-state index in [1.165, 1.54) is 11.3 Å². The van der Waals surface area contributed by atoms with Gasteiger partial charge in [-0.25, -0.2) is 10.8 Å². The number of carbonyl (C=O) groups excluding carboxylic acids is 1. The standard InChI is InChI=1S/C13H15N3O2S/c1-3-10-11(12(17)16-14)19-13(15-10)8-4-6-9(18-2)7-5-8/h4-7H,3,14H2,1-2H3,(H,16,17). The zero-order valence-electron chi connectivity index (χ0n) is 10.8. The SMILES string of the molecule is CCc1nc(-c2ccc(OC)cc2)sc1C(=O)NN. The Labute approximate surface area is 115 Å². The molecule has 0 bridgehead atoms. The van der Waals surface area contributed by atoms with E-state index in [0.29, 0.717) is 11.3 Å². The number of aryl methyl sites for hydroxylation is 1. The van der Waals surface area contributed by atoms with E-state index in [1.54, 1.807) is 7.11 Å². The lowest BCUT2D eigenvalue weighted by atomic mass is 10.2. The largest absolute Gasteiger partial charge is 0.497 e. The molecule has 3 N–H and O–H groups in total. The van der Waals surface area contributed by atoms with E-state index < -0.39 is 0 Å². The summed E-state index contributed by atoms with van der Waals surface area (Å²) in [6.07, 6.45) is 0.690. The number of benzene rings is 1. The van der Waals surface area contributed by atoms with Gasteiger partial charge in [0.15, 0.2) is 0 Å². The number of nitrogens with zero attached hydrogens (tertiary/aromatic N) is 1. The third-order valence-corrected chi connectivity index (χ3v) is 3.85. The number of hydrogen-bond donors (Lipinski definition) is 2. The minimum Gasteiger partial charge on any atom is -0.497 e. The third kappa shape index (κ3) is 2.74. The third-order valence-electron chi connectivity index (χ3n) is 2.71. The number of nitrogens with one attached hydrogen (secondary N) is 1. The van der Waals surface area contributed by atoms with Crippen LogP contribution in [-0.4, -0.2) is 18.0 Å². The Balaban J connectivity index is 2.39. The second-order valence-electron chi connectivity index (χ2n) is 3.85. The number of carbonyl (C=O) groups is 1. The second kappa shape index (κ2) is 5.81. The van der Waals surface area contributed by atoms with Crippen molar-refractivity contribution in [3.63, 3.8) is 0 Å². The van der Waals surface area contributed by atoms with Crippen LogP contribution in [0.15, 0.2) is 24.3 Å². The molecule has 0 saturated carbocycles. The van der Waals surface area contributed by atoms with Gasteiger partial charge in [0.25, 0.3) is 5.91 Å². The first-order valence-corrected chi connectivity index (χ1v) is 6.66. The number of hydrogen-bond acceptors (Lipinski definition) is 5. The fourth-order valence-electron chi connectivity index (χ4n) is 1.69. The number of aromatic nitrogens is 1. The van der Waals surface area contributed by atoms with Gasteiger partial charge in [-0.05, 0) is 30.7 Å². The molecule has 0 aliphatic heterocycles. The molecule has 100 valence electrons. The molecule has 19 heavy (non-hydrogen) atoms. The van der Waals surface area contributed by atoms with Crippen LogP contribution in [-0.2, 0) is 6.42 Å². The van der Waals surface area contributed by atoms with Crippen molar-refractivity contribution >= 4 is 17.2 Å². The molecule has 0 fully saturated rings. The van der Waals surface area contributed by atoms with Crippen molar-refractivity contribution in [3.8, 4) is 16.3 Å². The summed E-state index contributed by atoms with van der Waals surface area (Å²) in [5.74, 6) is 5.67. The highest BCUT2D eigenvalue weighted by Crippen LogP contribution is 2.29. The Bertz CT molecular complexity index is 578. The number of thiazole rings is 1. The average Bonchev–Trinajstić information content (AvgIpc) is 2.90. The summed E-state index contributed by atoms with van der Waals surface area (Å²) < 4.78 is 5.11. The van der Waals surface area contributed by atoms with Crippen LogP contribution < -0.4 is 16.0 Å². The summed E-state index contributed by atoms with van der Waals surface area (Å²) in [7, 11) is 1.62. The molecular weight excluding hydrogens is 262 g/mol. The first-order valence-electron chi connectivity index (χ1n) is 5.84. The van der Waals surface area contributed by atoms with Gasteiger partial charge in [-0.2, -0.15) is 0 Å². The van der Waals surface area contributed by atoms with Crippen LogP contribution in [0.1, 0.15) is 22.3 Å². The molecule has 0 atom stereocenters. The number of rotatable bonds is 4. The Hall–Kier alpha value is -1.92.